The zero-order valence-corrected chi connectivity index (χ0v) is 13.6. The molecule has 0 radical (unpaired) electrons. The molecule has 0 saturated heterocycles. The van der Waals surface area contributed by atoms with Crippen molar-refractivity contribution in [2.45, 2.75) is 27.3 Å². The van der Waals surface area contributed by atoms with Gasteiger partial charge in [0, 0.05) is 25.0 Å². The molecule has 21 heavy (non-hydrogen) atoms. The molecule has 1 N–H and O–H groups in total. The first-order chi connectivity index (χ1) is 10.1. The lowest BCUT2D eigenvalue weighted by molar-refractivity contribution is 0.552. The number of hydrogen-bond donors (Lipinski definition) is 1. The maximum Gasteiger partial charge on any atom is 0.0453 e. The maximum absolute atomic E-state index is 3.54. The zero-order valence-electron chi connectivity index (χ0n) is 13.6. The first-order valence-electron chi connectivity index (χ1n) is 7.67. The van der Waals surface area contributed by atoms with Crippen LogP contribution in [0.1, 0.15) is 25.0 Å². The number of rotatable bonds is 6. The third kappa shape index (κ3) is 4.08. The van der Waals surface area contributed by atoms with Crippen LogP contribution in [0.4, 0.5) is 11.4 Å². The Morgan fingerprint density at radius 3 is 2.24 bits per heavy atom. The molecule has 2 heteroatoms. The molecule has 2 aromatic rings. The van der Waals surface area contributed by atoms with Gasteiger partial charge in [-0.25, -0.2) is 0 Å². The Bertz CT molecular complexity index is 575. The van der Waals surface area contributed by atoms with Gasteiger partial charge in [-0.05, 0) is 42.6 Å². The smallest absolute Gasteiger partial charge is 0.0453 e. The SMILES string of the molecule is Cc1ccccc1N(C)c1ccccc1CNCC(C)C. The number of nitrogens with one attached hydrogen (secondary N) is 1. The van der Waals surface area contributed by atoms with Crippen LogP contribution in [0.25, 0.3) is 0 Å². The molecule has 0 aromatic heterocycles. The molecule has 0 bridgehead atoms. The van der Waals surface area contributed by atoms with Crippen molar-refractivity contribution in [3.05, 3.63) is 59.7 Å². The summed E-state index contributed by atoms with van der Waals surface area (Å²) in [5.41, 5.74) is 5.16. The molecule has 0 aliphatic carbocycles. The largest absolute Gasteiger partial charge is 0.344 e. The number of aryl methyl sites for hydroxylation is 1. The Morgan fingerprint density at radius 1 is 0.952 bits per heavy atom. The lowest BCUT2D eigenvalue weighted by Crippen LogP contribution is -2.21. The molecule has 0 amide bonds. The standard InChI is InChI=1S/C19H26N2/c1-15(2)13-20-14-17-10-6-8-12-19(17)21(4)18-11-7-5-9-16(18)3/h5-12,15,20H,13-14H2,1-4H3. The molecule has 0 spiro atoms. The number of nitrogens with zero attached hydrogens (tertiary/aromatic N) is 1. The van der Waals surface area contributed by atoms with Gasteiger partial charge in [0.2, 0.25) is 0 Å². The van der Waals surface area contributed by atoms with Crippen molar-refractivity contribution in [3.8, 4) is 0 Å². The predicted molar refractivity (Wildman–Crippen MR) is 92.2 cm³/mol. The van der Waals surface area contributed by atoms with Gasteiger partial charge >= 0.3 is 0 Å². The second kappa shape index (κ2) is 7.28. The van der Waals surface area contributed by atoms with E-state index < -0.39 is 0 Å². The van der Waals surface area contributed by atoms with Gasteiger partial charge < -0.3 is 10.2 Å². The minimum absolute atomic E-state index is 0.672. The Balaban J connectivity index is 2.21. The second-order valence-electron chi connectivity index (χ2n) is 6.00. The van der Waals surface area contributed by atoms with E-state index in [2.05, 4.69) is 86.6 Å². The highest BCUT2D eigenvalue weighted by Gasteiger charge is 2.10. The molecular weight excluding hydrogens is 256 g/mol. The van der Waals surface area contributed by atoms with E-state index in [0.29, 0.717) is 5.92 Å². The predicted octanol–water partition coefficient (Wildman–Crippen LogP) is 4.51. The second-order valence-corrected chi connectivity index (χ2v) is 6.00. The van der Waals surface area contributed by atoms with Gasteiger partial charge in [0.15, 0.2) is 0 Å². The van der Waals surface area contributed by atoms with Crippen molar-refractivity contribution in [2.24, 2.45) is 5.92 Å². The Labute approximate surface area is 128 Å². The van der Waals surface area contributed by atoms with Crippen molar-refractivity contribution < 1.29 is 0 Å². The van der Waals surface area contributed by atoms with E-state index in [4.69, 9.17) is 0 Å². The minimum atomic E-state index is 0.672. The highest BCUT2D eigenvalue weighted by molar-refractivity contribution is 5.68. The monoisotopic (exact) mass is 282 g/mol. The number of anilines is 2. The van der Waals surface area contributed by atoms with Crippen LogP contribution in [0.2, 0.25) is 0 Å². The average molecular weight is 282 g/mol. The summed E-state index contributed by atoms with van der Waals surface area (Å²) < 4.78 is 0. The first-order valence-corrected chi connectivity index (χ1v) is 7.67. The lowest BCUT2D eigenvalue weighted by atomic mass is 10.1. The number of para-hydroxylation sites is 2. The van der Waals surface area contributed by atoms with E-state index >= 15 is 0 Å². The number of hydrogen-bond acceptors (Lipinski definition) is 2. The average Bonchev–Trinajstić information content (AvgIpc) is 2.47. The fraction of sp³-hybridized carbons (Fsp3) is 0.368. The molecule has 0 unspecified atom stereocenters. The van der Waals surface area contributed by atoms with Gasteiger partial charge in [-0.2, -0.15) is 0 Å². The highest BCUT2D eigenvalue weighted by Crippen LogP contribution is 2.29. The molecule has 2 nitrogen and oxygen atoms in total. The van der Waals surface area contributed by atoms with Crippen molar-refractivity contribution >= 4 is 11.4 Å². The van der Waals surface area contributed by atoms with E-state index in [1.807, 2.05) is 0 Å². The molecule has 0 atom stereocenters. The maximum atomic E-state index is 3.54. The summed E-state index contributed by atoms with van der Waals surface area (Å²) in [6.07, 6.45) is 0. The van der Waals surface area contributed by atoms with Crippen LogP contribution < -0.4 is 10.2 Å². The highest BCUT2D eigenvalue weighted by atomic mass is 15.1. The molecule has 0 aliphatic rings. The quantitative estimate of drug-likeness (QED) is 0.838. The normalized spacial score (nSPS) is 10.9. The van der Waals surface area contributed by atoms with Crippen LogP contribution in [-0.4, -0.2) is 13.6 Å². The van der Waals surface area contributed by atoms with Crippen molar-refractivity contribution in [2.75, 3.05) is 18.5 Å². The van der Waals surface area contributed by atoms with Gasteiger partial charge in [0.1, 0.15) is 0 Å². The topological polar surface area (TPSA) is 15.3 Å². The molecule has 0 fully saturated rings. The Morgan fingerprint density at radius 2 is 1.57 bits per heavy atom. The fourth-order valence-electron chi connectivity index (χ4n) is 2.55. The van der Waals surface area contributed by atoms with E-state index in [1.165, 1.54) is 22.5 Å². The van der Waals surface area contributed by atoms with Crippen molar-refractivity contribution in [3.63, 3.8) is 0 Å². The molecule has 2 rings (SSSR count). The summed E-state index contributed by atoms with van der Waals surface area (Å²) in [5, 5.41) is 3.54. The van der Waals surface area contributed by atoms with Crippen molar-refractivity contribution in [1.29, 1.82) is 0 Å². The van der Waals surface area contributed by atoms with Crippen LogP contribution in [0, 0.1) is 12.8 Å². The fourth-order valence-corrected chi connectivity index (χ4v) is 2.55. The van der Waals surface area contributed by atoms with Crippen LogP contribution >= 0.6 is 0 Å². The first kappa shape index (κ1) is 15.6. The van der Waals surface area contributed by atoms with Gasteiger partial charge in [0.25, 0.3) is 0 Å². The minimum Gasteiger partial charge on any atom is -0.344 e. The third-order valence-corrected chi connectivity index (χ3v) is 3.70. The van der Waals surface area contributed by atoms with Crippen LogP contribution in [-0.2, 0) is 6.54 Å². The van der Waals surface area contributed by atoms with Gasteiger partial charge in [-0.3, -0.25) is 0 Å². The Kier molecular flexibility index (Phi) is 5.40. The van der Waals surface area contributed by atoms with E-state index in [9.17, 15) is 0 Å². The van der Waals surface area contributed by atoms with Gasteiger partial charge in [-0.15, -0.1) is 0 Å². The summed E-state index contributed by atoms with van der Waals surface area (Å²) in [4.78, 5) is 2.28. The summed E-state index contributed by atoms with van der Waals surface area (Å²) >= 11 is 0. The van der Waals surface area contributed by atoms with E-state index in [1.54, 1.807) is 0 Å². The molecule has 0 saturated carbocycles. The van der Waals surface area contributed by atoms with Crippen LogP contribution in [0.5, 0.6) is 0 Å². The molecule has 0 heterocycles. The number of benzene rings is 2. The van der Waals surface area contributed by atoms with Gasteiger partial charge in [0.05, 0.1) is 0 Å². The summed E-state index contributed by atoms with van der Waals surface area (Å²) in [6, 6.07) is 17.1. The van der Waals surface area contributed by atoms with Crippen molar-refractivity contribution in [1.82, 2.24) is 5.32 Å². The van der Waals surface area contributed by atoms with Crippen LogP contribution in [0.15, 0.2) is 48.5 Å². The molecule has 0 aliphatic heterocycles. The molecule has 112 valence electrons. The lowest BCUT2D eigenvalue weighted by Gasteiger charge is -2.24. The van der Waals surface area contributed by atoms with E-state index in [0.717, 1.165) is 13.1 Å². The Hall–Kier alpha value is -1.80. The zero-order chi connectivity index (χ0) is 15.2. The molecule has 2 aromatic carbocycles. The summed E-state index contributed by atoms with van der Waals surface area (Å²) in [7, 11) is 2.14. The summed E-state index contributed by atoms with van der Waals surface area (Å²) in [6.45, 7) is 8.58. The third-order valence-electron chi connectivity index (χ3n) is 3.70. The van der Waals surface area contributed by atoms with Crippen LogP contribution in [0.3, 0.4) is 0 Å². The van der Waals surface area contributed by atoms with Gasteiger partial charge in [-0.1, -0.05) is 50.2 Å². The van der Waals surface area contributed by atoms with E-state index in [-0.39, 0.29) is 0 Å². The summed E-state index contributed by atoms with van der Waals surface area (Å²) in [5.74, 6) is 0.672. The molecular formula is C19H26N2.